The van der Waals surface area contributed by atoms with E-state index in [0.717, 1.165) is 16.8 Å². The number of carbonyl (C=O) groups is 1. The van der Waals surface area contributed by atoms with Gasteiger partial charge in [0.15, 0.2) is 5.84 Å². The SMILES string of the molecule is CC1=C(C#N)C2=Nc3ccccc3C(=O)NN2C(c2ccccc2)=C1. The number of hydrazine groups is 1. The van der Waals surface area contributed by atoms with Crippen molar-refractivity contribution in [2.75, 3.05) is 0 Å². The number of fused-ring (bicyclic) bond motifs is 2. The van der Waals surface area contributed by atoms with Crippen LogP contribution in [0.15, 0.2) is 76.8 Å². The van der Waals surface area contributed by atoms with Crippen molar-refractivity contribution in [1.29, 1.82) is 5.26 Å². The third kappa shape index (κ3) is 2.41. The van der Waals surface area contributed by atoms with E-state index in [0.29, 0.717) is 22.7 Å². The summed E-state index contributed by atoms with van der Waals surface area (Å²) in [6.45, 7) is 1.87. The van der Waals surface area contributed by atoms with Crippen molar-refractivity contribution in [3.8, 4) is 6.07 Å². The molecule has 2 aromatic rings. The van der Waals surface area contributed by atoms with Crippen molar-refractivity contribution >= 4 is 23.1 Å². The van der Waals surface area contributed by atoms with Gasteiger partial charge in [0.25, 0.3) is 5.91 Å². The first-order chi connectivity index (χ1) is 12.2. The van der Waals surface area contributed by atoms with Crippen molar-refractivity contribution in [2.24, 2.45) is 4.99 Å². The van der Waals surface area contributed by atoms with Crippen LogP contribution < -0.4 is 5.43 Å². The van der Waals surface area contributed by atoms with Crippen LogP contribution in [0.5, 0.6) is 0 Å². The average Bonchev–Trinajstić information content (AvgIpc) is 2.79. The van der Waals surface area contributed by atoms with E-state index >= 15 is 0 Å². The Bertz CT molecular complexity index is 1010. The molecule has 0 saturated heterocycles. The molecule has 4 rings (SSSR count). The van der Waals surface area contributed by atoms with E-state index in [4.69, 9.17) is 0 Å². The predicted molar refractivity (Wildman–Crippen MR) is 95.6 cm³/mol. The second kappa shape index (κ2) is 5.77. The number of carbonyl (C=O) groups excluding carboxylic acids is 1. The highest BCUT2D eigenvalue weighted by Gasteiger charge is 2.31. The zero-order chi connectivity index (χ0) is 17.4. The summed E-state index contributed by atoms with van der Waals surface area (Å²) in [4.78, 5) is 17.3. The first-order valence-electron chi connectivity index (χ1n) is 7.86. The molecule has 25 heavy (non-hydrogen) atoms. The molecule has 2 heterocycles. The molecule has 0 bridgehead atoms. The molecular weight excluding hydrogens is 312 g/mol. The van der Waals surface area contributed by atoms with Gasteiger partial charge in [-0.2, -0.15) is 5.26 Å². The van der Waals surface area contributed by atoms with Crippen LogP contribution >= 0.6 is 0 Å². The van der Waals surface area contributed by atoms with Gasteiger partial charge in [-0.1, -0.05) is 42.5 Å². The summed E-state index contributed by atoms with van der Waals surface area (Å²) in [5, 5.41) is 11.2. The Morgan fingerprint density at radius 2 is 1.80 bits per heavy atom. The van der Waals surface area contributed by atoms with Gasteiger partial charge in [0.2, 0.25) is 0 Å². The first kappa shape index (κ1) is 14.9. The Morgan fingerprint density at radius 1 is 1.08 bits per heavy atom. The van der Waals surface area contributed by atoms with E-state index in [-0.39, 0.29) is 5.91 Å². The number of nitrogens with one attached hydrogen (secondary N) is 1. The van der Waals surface area contributed by atoms with Gasteiger partial charge in [0.1, 0.15) is 6.07 Å². The van der Waals surface area contributed by atoms with E-state index in [1.807, 2.05) is 49.4 Å². The quantitative estimate of drug-likeness (QED) is 0.871. The minimum atomic E-state index is -0.256. The van der Waals surface area contributed by atoms with Crippen LogP contribution in [0, 0.1) is 11.3 Å². The third-order valence-corrected chi connectivity index (χ3v) is 4.19. The zero-order valence-corrected chi connectivity index (χ0v) is 13.5. The lowest BCUT2D eigenvalue weighted by Gasteiger charge is -2.30. The number of benzene rings is 2. The van der Waals surface area contributed by atoms with Gasteiger partial charge in [-0.3, -0.25) is 10.2 Å². The molecule has 0 aliphatic carbocycles. The molecule has 0 aromatic heterocycles. The van der Waals surface area contributed by atoms with E-state index in [2.05, 4.69) is 16.5 Å². The molecule has 0 spiro atoms. The molecule has 0 atom stereocenters. The van der Waals surface area contributed by atoms with Crippen LogP contribution in [0.4, 0.5) is 5.69 Å². The topological polar surface area (TPSA) is 68.5 Å². The number of amidine groups is 1. The van der Waals surface area contributed by atoms with E-state index in [1.165, 1.54) is 0 Å². The van der Waals surface area contributed by atoms with E-state index in [9.17, 15) is 10.1 Å². The number of amides is 1. The number of para-hydroxylation sites is 1. The lowest BCUT2D eigenvalue weighted by Crippen LogP contribution is -2.45. The summed E-state index contributed by atoms with van der Waals surface area (Å²) in [7, 11) is 0. The summed E-state index contributed by atoms with van der Waals surface area (Å²) in [6, 6.07) is 19.0. The Kier molecular flexibility index (Phi) is 3.44. The fourth-order valence-corrected chi connectivity index (χ4v) is 2.96. The molecule has 1 N–H and O–H groups in total. The maximum atomic E-state index is 12.7. The molecule has 120 valence electrons. The second-order valence-corrected chi connectivity index (χ2v) is 5.79. The normalized spacial score (nSPS) is 16.0. The van der Waals surface area contributed by atoms with Gasteiger partial charge in [0, 0.05) is 5.56 Å². The van der Waals surface area contributed by atoms with Crippen molar-refractivity contribution in [3.63, 3.8) is 0 Å². The van der Waals surface area contributed by atoms with Crippen LogP contribution in [-0.4, -0.2) is 16.8 Å². The molecule has 5 nitrogen and oxygen atoms in total. The Labute approximate surface area is 145 Å². The number of hydrogen-bond donors (Lipinski definition) is 1. The Morgan fingerprint density at radius 3 is 2.56 bits per heavy atom. The average molecular weight is 326 g/mol. The predicted octanol–water partition coefficient (Wildman–Crippen LogP) is 3.57. The lowest BCUT2D eigenvalue weighted by molar-refractivity contribution is 0.0905. The molecule has 0 unspecified atom stereocenters. The van der Waals surface area contributed by atoms with Crippen molar-refractivity contribution in [1.82, 2.24) is 10.4 Å². The van der Waals surface area contributed by atoms with E-state index < -0.39 is 0 Å². The van der Waals surface area contributed by atoms with E-state index in [1.54, 1.807) is 23.2 Å². The summed E-state index contributed by atoms with van der Waals surface area (Å²) in [5.41, 5.74) is 6.86. The first-order valence-corrected chi connectivity index (χ1v) is 7.86. The smallest absolute Gasteiger partial charge is 0.267 e. The Hall–Kier alpha value is -3.65. The van der Waals surface area contributed by atoms with Crippen LogP contribution in [-0.2, 0) is 0 Å². The van der Waals surface area contributed by atoms with Crippen LogP contribution in [0.25, 0.3) is 5.70 Å². The molecule has 0 radical (unpaired) electrons. The maximum Gasteiger partial charge on any atom is 0.272 e. The molecule has 2 aliphatic rings. The highest BCUT2D eigenvalue weighted by molar-refractivity contribution is 6.14. The molecule has 0 fully saturated rings. The van der Waals surface area contributed by atoms with Crippen molar-refractivity contribution < 1.29 is 4.79 Å². The molecule has 5 heteroatoms. The fourth-order valence-electron chi connectivity index (χ4n) is 2.96. The molecule has 2 aliphatic heterocycles. The highest BCUT2D eigenvalue weighted by Crippen LogP contribution is 2.32. The van der Waals surface area contributed by atoms with Crippen LogP contribution in [0.2, 0.25) is 0 Å². The van der Waals surface area contributed by atoms with Gasteiger partial charge in [0.05, 0.1) is 22.5 Å². The summed E-state index contributed by atoms with van der Waals surface area (Å²) in [6.07, 6.45) is 1.89. The molecule has 1 amide bonds. The third-order valence-electron chi connectivity index (χ3n) is 4.19. The van der Waals surface area contributed by atoms with Gasteiger partial charge in [-0.05, 0) is 30.7 Å². The number of allylic oxidation sites excluding steroid dienone is 2. The molecular formula is C20H14N4O. The van der Waals surface area contributed by atoms with Gasteiger partial charge >= 0.3 is 0 Å². The maximum absolute atomic E-state index is 12.7. The highest BCUT2D eigenvalue weighted by atomic mass is 16.2. The minimum Gasteiger partial charge on any atom is -0.267 e. The van der Waals surface area contributed by atoms with Crippen LogP contribution in [0.3, 0.4) is 0 Å². The standard InChI is InChI=1S/C20H14N4O/c1-13-11-18(14-7-3-2-4-8-14)24-19(16(13)12-21)22-17-10-6-5-9-15(17)20(25)23-24/h2-11H,1H3,(H,23,25). The second-order valence-electron chi connectivity index (χ2n) is 5.79. The summed E-state index contributed by atoms with van der Waals surface area (Å²) < 4.78 is 0. The lowest BCUT2D eigenvalue weighted by atomic mass is 10.00. The van der Waals surface area contributed by atoms with Crippen LogP contribution in [0.1, 0.15) is 22.8 Å². The summed E-state index contributed by atoms with van der Waals surface area (Å²) >= 11 is 0. The number of nitriles is 1. The Balaban J connectivity index is 1.95. The van der Waals surface area contributed by atoms with Crippen molar-refractivity contribution in [2.45, 2.75) is 6.92 Å². The van der Waals surface area contributed by atoms with Gasteiger partial charge in [-0.15, -0.1) is 0 Å². The zero-order valence-electron chi connectivity index (χ0n) is 13.5. The van der Waals surface area contributed by atoms with Crippen molar-refractivity contribution in [3.05, 3.63) is 82.9 Å². The number of rotatable bonds is 1. The summed E-state index contributed by atoms with van der Waals surface area (Å²) in [5.74, 6) is 0.174. The fraction of sp³-hybridized carbons (Fsp3) is 0.0500. The number of hydrogen-bond acceptors (Lipinski definition) is 4. The monoisotopic (exact) mass is 326 g/mol. The van der Waals surface area contributed by atoms with Gasteiger partial charge < -0.3 is 0 Å². The number of aliphatic imine (C=N–C) groups is 1. The molecule has 0 saturated carbocycles. The number of nitrogens with zero attached hydrogens (tertiary/aromatic N) is 3. The molecule has 2 aromatic carbocycles. The largest absolute Gasteiger partial charge is 0.272 e. The van der Waals surface area contributed by atoms with Gasteiger partial charge in [-0.25, -0.2) is 10.0 Å². The minimum absolute atomic E-state index is 0.256.